The number of carbonyl (C=O) groups excluding carboxylic acids is 1. The van der Waals surface area contributed by atoms with Crippen molar-refractivity contribution in [1.82, 2.24) is 34.0 Å². The Morgan fingerprint density at radius 1 is 1.05 bits per heavy atom. The van der Waals surface area contributed by atoms with Crippen LogP contribution >= 0.6 is 0 Å². The fraction of sp³-hybridized carbons (Fsp3) is 0.536. The predicted molar refractivity (Wildman–Crippen MR) is 150 cm³/mol. The van der Waals surface area contributed by atoms with Crippen molar-refractivity contribution >= 4 is 33.9 Å². The average molecular weight is 532 g/mol. The Bertz CT molecular complexity index is 1530. The number of nitrogens with two attached hydrogens (primary N) is 1. The molecule has 11 heteroatoms. The van der Waals surface area contributed by atoms with Crippen molar-refractivity contribution in [2.45, 2.75) is 45.6 Å². The first kappa shape index (κ1) is 25.7. The molecule has 0 atom stereocenters. The molecule has 6 rings (SSSR count). The second kappa shape index (κ2) is 9.87. The van der Waals surface area contributed by atoms with Crippen molar-refractivity contribution in [3.05, 3.63) is 35.9 Å². The fourth-order valence-electron chi connectivity index (χ4n) is 5.87. The molecule has 0 radical (unpaired) electrons. The van der Waals surface area contributed by atoms with Gasteiger partial charge >= 0.3 is 0 Å². The van der Waals surface area contributed by atoms with Crippen LogP contribution < -0.4 is 10.6 Å². The average Bonchev–Trinajstić information content (AvgIpc) is 3.44. The Morgan fingerprint density at radius 2 is 1.77 bits per heavy atom. The molecule has 2 saturated heterocycles. The van der Waals surface area contributed by atoms with Gasteiger partial charge < -0.3 is 19.9 Å². The summed E-state index contributed by atoms with van der Waals surface area (Å²) in [5.41, 5.74) is 8.58. The van der Waals surface area contributed by atoms with E-state index in [0.29, 0.717) is 25.1 Å². The molecule has 1 amide bonds. The van der Waals surface area contributed by atoms with Gasteiger partial charge in [-0.05, 0) is 64.8 Å². The molecule has 0 aliphatic carbocycles. The number of likely N-dealkylation sites (tertiary alicyclic amines) is 1. The van der Waals surface area contributed by atoms with Crippen LogP contribution in [-0.4, -0.2) is 84.8 Å². The number of benzene rings is 1. The molecule has 3 aromatic heterocycles. The quantitative estimate of drug-likeness (QED) is 0.403. The number of fused-ring (bicyclic) bond motifs is 2. The summed E-state index contributed by atoms with van der Waals surface area (Å²) in [6.07, 6.45) is 2.84. The molecule has 2 aliphatic heterocycles. The number of rotatable bonds is 6. The highest BCUT2D eigenvalue weighted by atomic mass is 16.5. The number of morpholine rings is 1. The van der Waals surface area contributed by atoms with Gasteiger partial charge in [-0.2, -0.15) is 9.97 Å². The van der Waals surface area contributed by atoms with E-state index >= 15 is 0 Å². The number of imidazole rings is 2. The van der Waals surface area contributed by atoms with Crippen LogP contribution in [-0.2, 0) is 23.0 Å². The molecular formula is C28H37N9O2. The highest BCUT2D eigenvalue weighted by Gasteiger charge is 2.35. The Kier molecular flexibility index (Phi) is 6.50. The Hall–Kier alpha value is -3.57. The van der Waals surface area contributed by atoms with Crippen LogP contribution in [0.4, 0.5) is 5.82 Å². The summed E-state index contributed by atoms with van der Waals surface area (Å²) in [4.78, 5) is 36.4. The van der Waals surface area contributed by atoms with Crippen LogP contribution in [0.15, 0.2) is 24.3 Å². The molecule has 4 aromatic rings. The van der Waals surface area contributed by atoms with Gasteiger partial charge in [-0.3, -0.25) is 14.3 Å². The molecule has 206 valence electrons. The molecule has 5 heterocycles. The zero-order valence-electron chi connectivity index (χ0n) is 23.2. The topological polar surface area (TPSA) is 120 Å². The number of amides is 1. The third kappa shape index (κ3) is 4.53. The predicted octanol–water partition coefficient (Wildman–Crippen LogP) is 2.37. The number of ether oxygens (including phenoxy) is 1. The van der Waals surface area contributed by atoms with Crippen molar-refractivity contribution in [2.75, 3.05) is 44.3 Å². The number of aryl methyl sites for hydroxylation is 2. The molecule has 11 nitrogen and oxygen atoms in total. The number of anilines is 1. The first-order chi connectivity index (χ1) is 18.7. The van der Waals surface area contributed by atoms with Crippen LogP contribution in [0.5, 0.6) is 0 Å². The summed E-state index contributed by atoms with van der Waals surface area (Å²) in [5, 5.41) is 0. The molecular weight excluding hydrogens is 494 g/mol. The molecule has 0 unspecified atom stereocenters. The van der Waals surface area contributed by atoms with Crippen LogP contribution in [0, 0.1) is 12.8 Å². The molecule has 39 heavy (non-hydrogen) atoms. The van der Waals surface area contributed by atoms with Gasteiger partial charge in [-0.1, -0.05) is 12.1 Å². The highest BCUT2D eigenvalue weighted by molar-refractivity contribution is 5.86. The summed E-state index contributed by atoms with van der Waals surface area (Å²) >= 11 is 0. The smallest absolute Gasteiger partial charge is 0.239 e. The number of para-hydroxylation sites is 2. The third-order valence-corrected chi connectivity index (χ3v) is 8.50. The van der Waals surface area contributed by atoms with Crippen molar-refractivity contribution < 1.29 is 9.53 Å². The van der Waals surface area contributed by atoms with Crippen molar-refractivity contribution in [1.29, 1.82) is 0 Å². The van der Waals surface area contributed by atoms with Gasteiger partial charge in [-0.25, -0.2) is 9.97 Å². The molecule has 0 spiro atoms. The van der Waals surface area contributed by atoms with E-state index in [9.17, 15) is 4.79 Å². The second-order valence-electron chi connectivity index (χ2n) is 11.2. The molecule has 0 bridgehead atoms. The van der Waals surface area contributed by atoms with Gasteiger partial charge in [0.2, 0.25) is 11.9 Å². The largest absolute Gasteiger partial charge is 0.378 e. The number of hydrogen-bond donors (Lipinski definition) is 1. The zero-order valence-corrected chi connectivity index (χ0v) is 23.2. The van der Waals surface area contributed by atoms with E-state index < -0.39 is 5.54 Å². The van der Waals surface area contributed by atoms with E-state index in [1.54, 1.807) is 0 Å². The van der Waals surface area contributed by atoms with Gasteiger partial charge in [0.05, 0.1) is 29.8 Å². The SMILES string of the molecule is Cc1nc2ccccc2n1-c1nc(N2CCOCC2)c2nc(CC3CCN(C(C)(C)C(N)=O)CC3)n(C)c2n1. The first-order valence-corrected chi connectivity index (χ1v) is 13.8. The minimum atomic E-state index is -0.627. The maximum absolute atomic E-state index is 11.9. The van der Waals surface area contributed by atoms with Crippen LogP contribution in [0.3, 0.4) is 0 Å². The summed E-state index contributed by atoms with van der Waals surface area (Å²) in [6, 6.07) is 8.07. The Morgan fingerprint density at radius 3 is 2.49 bits per heavy atom. The molecule has 0 saturated carbocycles. The van der Waals surface area contributed by atoms with E-state index in [1.807, 2.05) is 43.5 Å². The van der Waals surface area contributed by atoms with E-state index in [0.717, 1.165) is 85.1 Å². The Balaban J connectivity index is 1.37. The number of nitrogens with zero attached hydrogens (tertiary/aromatic N) is 8. The zero-order chi connectivity index (χ0) is 27.3. The molecule has 2 N–H and O–H groups in total. The van der Waals surface area contributed by atoms with Gasteiger partial charge in [-0.15, -0.1) is 0 Å². The lowest BCUT2D eigenvalue weighted by atomic mass is 9.89. The van der Waals surface area contributed by atoms with Crippen LogP contribution in [0.1, 0.15) is 38.3 Å². The highest BCUT2D eigenvalue weighted by Crippen LogP contribution is 2.31. The lowest BCUT2D eigenvalue weighted by Gasteiger charge is -2.40. The minimum Gasteiger partial charge on any atom is -0.378 e. The summed E-state index contributed by atoms with van der Waals surface area (Å²) in [5.74, 6) is 3.49. The lowest BCUT2D eigenvalue weighted by molar-refractivity contribution is -0.129. The number of hydrogen-bond acceptors (Lipinski definition) is 8. The summed E-state index contributed by atoms with van der Waals surface area (Å²) in [6.45, 7) is 10.3. The van der Waals surface area contributed by atoms with Crippen LogP contribution in [0.25, 0.3) is 28.1 Å². The van der Waals surface area contributed by atoms with Gasteiger partial charge in [0, 0.05) is 26.6 Å². The molecule has 1 aromatic carbocycles. The van der Waals surface area contributed by atoms with E-state index in [1.165, 1.54) is 0 Å². The number of piperidine rings is 1. The van der Waals surface area contributed by atoms with Gasteiger partial charge in [0.1, 0.15) is 11.6 Å². The Labute approximate surface area is 228 Å². The van der Waals surface area contributed by atoms with E-state index in [4.69, 9.17) is 30.4 Å². The standard InChI is InChI=1S/C28H37N9O2/c1-18-30-20-7-5-6-8-21(20)37(18)27-32-24-23(25(33-27)35-13-15-39-16-14-35)31-22(34(24)4)17-19-9-11-36(12-10-19)28(2,3)26(29)38/h5-8,19H,9-17H2,1-4H3,(H2,29,38). The molecule has 2 aliphatic rings. The van der Waals surface area contributed by atoms with Crippen molar-refractivity contribution in [3.63, 3.8) is 0 Å². The second-order valence-corrected chi connectivity index (χ2v) is 11.2. The summed E-state index contributed by atoms with van der Waals surface area (Å²) < 4.78 is 9.78. The minimum absolute atomic E-state index is 0.276. The van der Waals surface area contributed by atoms with E-state index in [2.05, 4.69) is 27.5 Å². The number of primary amides is 1. The summed E-state index contributed by atoms with van der Waals surface area (Å²) in [7, 11) is 2.05. The fourth-order valence-corrected chi connectivity index (χ4v) is 5.87. The first-order valence-electron chi connectivity index (χ1n) is 13.8. The number of carbonyl (C=O) groups is 1. The van der Waals surface area contributed by atoms with Gasteiger partial charge in [0.15, 0.2) is 17.0 Å². The molecule has 2 fully saturated rings. The van der Waals surface area contributed by atoms with Crippen molar-refractivity contribution in [2.24, 2.45) is 18.7 Å². The normalized spacial score (nSPS) is 17.9. The maximum atomic E-state index is 11.9. The van der Waals surface area contributed by atoms with Gasteiger partial charge in [0.25, 0.3) is 0 Å². The van der Waals surface area contributed by atoms with Crippen LogP contribution in [0.2, 0.25) is 0 Å². The monoisotopic (exact) mass is 531 g/mol. The van der Waals surface area contributed by atoms with E-state index in [-0.39, 0.29) is 5.91 Å². The maximum Gasteiger partial charge on any atom is 0.239 e. The number of aromatic nitrogens is 6. The lowest BCUT2D eigenvalue weighted by Crippen LogP contribution is -2.55. The third-order valence-electron chi connectivity index (χ3n) is 8.50. The van der Waals surface area contributed by atoms with Crippen molar-refractivity contribution in [3.8, 4) is 5.95 Å².